The molecule has 0 fully saturated rings. The first-order valence-corrected chi connectivity index (χ1v) is 7.27. The zero-order chi connectivity index (χ0) is 14.7. The summed E-state index contributed by atoms with van der Waals surface area (Å²) >= 11 is 7.14. The van der Waals surface area contributed by atoms with Crippen molar-refractivity contribution in [2.24, 2.45) is 0 Å². The lowest BCUT2D eigenvalue weighted by Crippen LogP contribution is -2.21. The summed E-state index contributed by atoms with van der Waals surface area (Å²) in [4.78, 5) is 15.2. The normalized spacial score (nSPS) is 11.1. The second kappa shape index (κ2) is 6.39. The minimum absolute atomic E-state index is 0.116. The maximum Gasteiger partial charge on any atom is 0.224 e. The smallest absolute Gasteiger partial charge is 0.224 e. The van der Waals surface area contributed by atoms with Gasteiger partial charge in [-0.25, -0.2) is 0 Å². The van der Waals surface area contributed by atoms with Crippen molar-refractivity contribution in [1.29, 1.82) is 0 Å². The van der Waals surface area contributed by atoms with Crippen LogP contribution >= 0.6 is 22.9 Å². The number of nitrogens with zero attached hydrogens (tertiary/aromatic N) is 3. The number of carbonyl (C=O) groups is 1. The zero-order valence-electron chi connectivity index (χ0n) is 11.6. The maximum absolute atomic E-state index is 12.6. The van der Waals surface area contributed by atoms with Crippen LogP contribution in [0.5, 0.6) is 5.75 Å². The number of methoxy groups -OCH3 is 1. The average molecular weight is 314 g/mol. The molecule has 108 valence electrons. The number of carbonyl (C=O) groups excluding carboxylic acids is 1. The summed E-state index contributed by atoms with van der Waals surface area (Å²) in [6.07, 6.45) is 1.57. The van der Waals surface area contributed by atoms with Gasteiger partial charge in [0.2, 0.25) is 5.78 Å². The van der Waals surface area contributed by atoms with Crippen LogP contribution in [0.25, 0.3) is 0 Å². The molecule has 2 aromatic heterocycles. The third kappa shape index (κ3) is 3.20. The number of ketones is 1. The lowest BCUT2D eigenvalue weighted by molar-refractivity contribution is 0.102. The number of hydrogen-bond acceptors (Lipinski definition) is 5. The highest BCUT2D eigenvalue weighted by Gasteiger charge is 2.22. The first-order valence-electron chi connectivity index (χ1n) is 6.07. The van der Waals surface area contributed by atoms with Crippen molar-refractivity contribution in [3.63, 3.8) is 0 Å². The van der Waals surface area contributed by atoms with E-state index in [-0.39, 0.29) is 5.78 Å². The highest BCUT2D eigenvalue weighted by Crippen LogP contribution is 2.27. The van der Waals surface area contributed by atoms with Gasteiger partial charge in [0, 0.05) is 6.54 Å². The summed E-state index contributed by atoms with van der Waals surface area (Å²) < 4.78 is 7.50. The van der Waals surface area contributed by atoms with Gasteiger partial charge in [0.1, 0.15) is 0 Å². The average Bonchev–Trinajstić information content (AvgIpc) is 3.01. The Hall–Kier alpha value is -1.37. The maximum atomic E-state index is 12.6. The SMILES string of the molecule is COc1cnn(CCN(C)C)c1C(=O)c1ccc(Cl)s1. The number of halogens is 1. The molecule has 2 aromatic rings. The van der Waals surface area contributed by atoms with Crippen molar-refractivity contribution in [3.8, 4) is 5.75 Å². The van der Waals surface area contributed by atoms with Crippen molar-refractivity contribution in [1.82, 2.24) is 14.7 Å². The molecule has 0 aromatic carbocycles. The fourth-order valence-corrected chi connectivity index (χ4v) is 2.75. The first kappa shape index (κ1) is 15.0. The Morgan fingerprint density at radius 2 is 2.25 bits per heavy atom. The van der Waals surface area contributed by atoms with Gasteiger partial charge in [-0.05, 0) is 26.2 Å². The third-order valence-electron chi connectivity index (χ3n) is 2.80. The molecule has 2 heterocycles. The van der Waals surface area contributed by atoms with Crippen LogP contribution in [0.3, 0.4) is 0 Å². The van der Waals surface area contributed by atoms with Gasteiger partial charge in [-0.1, -0.05) is 11.6 Å². The molecule has 0 N–H and O–H groups in total. The molecular formula is C13H16ClN3O2S. The molecule has 0 saturated carbocycles. The summed E-state index contributed by atoms with van der Waals surface area (Å²) in [6, 6.07) is 3.44. The first-order chi connectivity index (χ1) is 9.52. The molecule has 0 aliphatic heterocycles. The van der Waals surface area contributed by atoms with E-state index in [1.54, 1.807) is 23.0 Å². The molecule has 0 aliphatic rings. The fraction of sp³-hybridized carbons (Fsp3) is 0.385. The summed E-state index contributed by atoms with van der Waals surface area (Å²) in [5.74, 6) is 0.369. The van der Waals surface area contributed by atoms with Crippen molar-refractivity contribution < 1.29 is 9.53 Å². The van der Waals surface area contributed by atoms with Crippen LogP contribution < -0.4 is 4.74 Å². The van der Waals surface area contributed by atoms with Gasteiger partial charge in [-0.15, -0.1) is 11.3 Å². The van der Waals surface area contributed by atoms with E-state index in [1.807, 2.05) is 19.0 Å². The summed E-state index contributed by atoms with van der Waals surface area (Å²) in [5.41, 5.74) is 0.466. The Balaban J connectivity index is 2.33. The van der Waals surface area contributed by atoms with Gasteiger partial charge in [-0.2, -0.15) is 5.10 Å². The molecule has 0 amide bonds. The van der Waals surface area contributed by atoms with E-state index in [9.17, 15) is 4.79 Å². The molecule has 0 saturated heterocycles. The molecule has 0 spiro atoms. The Bertz CT molecular complexity index is 607. The molecule has 0 unspecified atom stereocenters. The summed E-state index contributed by atoms with van der Waals surface area (Å²) in [6.45, 7) is 1.41. The minimum atomic E-state index is -0.116. The van der Waals surface area contributed by atoms with Gasteiger partial charge >= 0.3 is 0 Å². The van der Waals surface area contributed by atoms with Gasteiger partial charge in [0.05, 0.1) is 29.1 Å². The predicted molar refractivity (Wildman–Crippen MR) is 80.1 cm³/mol. The number of aromatic nitrogens is 2. The van der Waals surface area contributed by atoms with Crippen LogP contribution in [-0.4, -0.2) is 48.2 Å². The van der Waals surface area contributed by atoms with Crippen LogP contribution in [0.4, 0.5) is 0 Å². The number of rotatable bonds is 6. The number of hydrogen-bond donors (Lipinski definition) is 0. The van der Waals surface area contributed by atoms with E-state index in [0.717, 1.165) is 6.54 Å². The van der Waals surface area contributed by atoms with Gasteiger partial charge < -0.3 is 9.64 Å². The largest absolute Gasteiger partial charge is 0.493 e. The van der Waals surface area contributed by atoms with Crippen molar-refractivity contribution >= 4 is 28.7 Å². The van der Waals surface area contributed by atoms with Crippen LogP contribution in [0.15, 0.2) is 18.3 Å². The van der Waals surface area contributed by atoms with Crippen LogP contribution in [0.2, 0.25) is 4.34 Å². The highest BCUT2D eigenvalue weighted by molar-refractivity contribution is 7.18. The Labute approximate surface area is 126 Å². The molecule has 0 aliphatic carbocycles. The number of likely N-dealkylation sites (N-methyl/N-ethyl adjacent to an activating group) is 1. The van der Waals surface area contributed by atoms with Crippen molar-refractivity contribution in [3.05, 3.63) is 33.2 Å². The predicted octanol–water partition coefficient (Wildman–Crippen LogP) is 2.40. The zero-order valence-corrected chi connectivity index (χ0v) is 13.2. The Kier molecular flexibility index (Phi) is 4.80. The van der Waals surface area contributed by atoms with Gasteiger partial charge in [0.15, 0.2) is 11.4 Å². The number of thiophene rings is 1. The molecule has 20 heavy (non-hydrogen) atoms. The molecule has 7 heteroatoms. The van der Waals surface area contributed by atoms with E-state index in [2.05, 4.69) is 5.10 Å². The molecule has 2 rings (SSSR count). The van der Waals surface area contributed by atoms with E-state index >= 15 is 0 Å². The van der Waals surface area contributed by atoms with E-state index in [1.165, 1.54) is 18.4 Å². The monoisotopic (exact) mass is 313 g/mol. The molecule has 0 bridgehead atoms. The van der Waals surface area contributed by atoms with Crippen LogP contribution in [-0.2, 0) is 6.54 Å². The summed E-state index contributed by atoms with van der Waals surface area (Å²) in [5, 5.41) is 4.23. The van der Waals surface area contributed by atoms with E-state index < -0.39 is 0 Å². The quantitative estimate of drug-likeness (QED) is 0.768. The highest BCUT2D eigenvalue weighted by atomic mass is 35.5. The van der Waals surface area contributed by atoms with Crippen molar-refractivity contribution in [2.75, 3.05) is 27.7 Å². The van der Waals surface area contributed by atoms with Gasteiger partial charge in [-0.3, -0.25) is 9.48 Å². The lowest BCUT2D eigenvalue weighted by atomic mass is 10.2. The van der Waals surface area contributed by atoms with Crippen molar-refractivity contribution in [2.45, 2.75) is 6.54 Å². The number of ether oxygens (including phenoxy) is 1. The fourth-order valence-electron chi connectivity index (χ4n) is 1.76. The Morgan fingerprint density at radius 3 is 2.80 bits per heavy atom. The molecular weight excluding hydrogens is 298 g/mol. The molecule has 0 radical (unpaired) electrons. The second-order valence-corrected chi connectivity index (χ2v) is 6.24. The third-order valence-corrected chi connectivity index (χ3v) is 4.03. The molecule has 5 nitrogen and oxygen atoms in total. The lowest BCUT2D eigenvalue weighted by Gasteiger charge is -2.11. The minimum Gasteiger partial charge on any atom is -0.493 e. The molecule has 0 atom stereocenters. The summed E-state index contributed by atoms with van der Waals surface area (Å²) in [7, 11) is 5.48. The van der Waals surface area contributed by atoms with E-state index in [0.29, 0.717) is 27.2 Å². The Morgan fingerprint density at radius 1 is 1.50 bits per heavy atom. The van der Waals surface area contributed by atoms with Crippen LogP contribution in [0.1, 0.15) is 15.4 Å². The second-order valence-electron chi connectivity index (χ2n) is 4.52. The standard InChI is InChI=1S/C13H16ClN3O2S/c1-16(2)6-7-17-12(9(19-3)8-15-17)13(18)10-4-5-11(14)20-10/h4-5,8H,6-7H2,1-3H3. The topological polar surface area (TPSA) is 47.4 Å². The van der Waals surface area contributed by atoms with Crippen LogP contribution in [0, 0.1) is 0 Å². The van der Waals surface area contributed by atoms with Gasteiger partial charge in [0.25, 0.3) is 0 Å². The van der Waals surface area contributed by atoms with E-state index in [4.69, 9.17) is 16.3 Å².